The van der Waals surface area contributed by atoms with E-state index in [1.807, 2.05) is 24.3 Å². The zero-order valence-electron chi connectivity index (χ0n) is 16.4. The molecule has 1 aliphatic heterocycles. The zero-order valence-corrected chi connectivity index (χ0v) is 18.0. The molecule has 0 amide bonds. The summed E-state index contributed by atoms with van der Waals surface area (Å²) < 4.78 is 0.950. The molecule has 0 unspecified atom stereocenters. The summed E-state index contributed by atoms with van der Waals surface area (Å²) in [5, 5.41) is 3.55. The topological polar surface area (TPSA) is 46.2 Å². The van der Waals surface area contributed by atoms with Gasteiger partial charge in [-0.15, -0.1) is 0 Å². The van der Waals surface area contributed by atoms with Crippen LogP contribution in [-0.2, 0) is 9.59 Å². The summed E-state index contributed by atoms with van der Waals surface area (Å²) in [7, 11) is 0. The molecule has 142 valence electrons. The van der Waals surface area contributed by atoms with Gasteiger partial charge in [0.25, 0.3) is 0 Å². The van der Waals surface area contributed by atoms with Gasteiger partial charge in [-0.05, 0) is 35.3 Å². The number of benzene rings is 1. The third kappa shape index (κ3) is 3.22. The van der Waals surface area contributed by atoms with E-state index in [-0.39, 0.29) is 28.3 Å². The second-order valence-corrected chi connectivity index (χ2v) is 10.6. The largest absolute Gasteiger partial charge is 0.362 e. The Morgan fingerprint density at radius 1 is 0.852 bits per heavy atom. The summed E-state index contributed by atoms with van der Waals surface area (Å²) in [5.74, 6) is 0.0661. The fourth-order valence-corrected chi connectivity index (χ4v) is 5.42. The highest BCUT2D eigenvalue weighted by atomic mass is 79.9. The van der Waals surface area contributed by atoms with Crippen LogP contribution in [0.15, 0.2) is 51.3 Å². The Labute approximate surface area is 169 Å². The zero-order chi connectivity index (χ0) is 19.6. The predicted octanol–water partition coefficient (Wildman–Crippen LogP) is 5.42. The molecule has 1 N–H and O–H groups in total. The number of carbonyl (C=O) groups excluding carboxylic acids is 2. The molecule has 4 rings (SSSR count). The predicted molar refractivity (Wildman–Crippen MR) is 110 cm³/mol. The van der Waals surface area contributed by atoms with Gasteiger partial charge in [0.2, 0.25) is 0 Å². The Hall–Kier alpha value is -1.68. The van der Waals surface area contributed by atoms with Gasteiger partial charge < -0.3 is 5.32 Å². The smallest absolute Gasteiger partial charge is 0.162 e. The third-order valence-corrected chi connectivity index (χ3v) is 6.66. The number of rotatable bonds is 1. The first-order valence-electron chi connectivity index (χ1n) is 9.62. The average Bonchev–Trinajstić information content (AvgIpc) is 2.51. The lowest BCUT2D eigenvalue weighted by Crippen LogP contribution is -2.42. The van der Waals surface area contributed by atoms with Crippen molar-refractivity contribution in [3.05, 3.63) is 56.8 Å². The molecule has 3 nitrogen and oxygen atoms in total. The molecule has 0 bridgehead atoms. The molecule has 1 aromatic rings. The van der Waals surface area contributed by atoms with Crippen LogP contribution in [0.1, 0.15) is 64.9 Å². The van der Waals surface area contributed by atoms with E-state index in [1.165, 1.54) is 0 Å². The van der Waals surface area contributed by atoms with E-state index >= 15 is 0 Å². The second kappa shape index (κ2) is 6.16. The molecule has 0 saturated carbocycles. The molecule has 0 aromatic heterocycles. The number of hydrogen-bond acceptors (Lipinski definition) is 3. The molecule has 0 spiro atoms. The van der Waals surface area contributed by atoms with Gasteiger partial charge in [0.1, 0.15) is 0 Å². The highest BCUT2D eigenvalue weighted by molar-refractivity contribution is 9.10. The highest BCUT2D eigenvalue weighted by Gasteiger charge is 2.46. The van der Waals surface area contributed by atoms with E-state index in [0.29, 0.717) is 12.8 Å². The van der Waals surface area contributed by atoms with Crippen molar-refractivity contribution in [2.24, 2.45) is 10.8 Å². The Morgan fingerprint density at radius 2 is 1.33 bits per heavy atom. The quantitative estimate of drug-likeness (QED) is 0.650. The lowest BCUT2D eigenvalue weighted by Gasteiger charge is -2.44. The SMILES string of the molecule is CC1(C)CC(=O)C2=C(C1)NC1=C(C(=O)CC(C)(C)C1)C2c1ccccc1Br. The minimum absolute atomic E-state index is 0.0619. The van der Waals surface area contributed by atoms with Crippen molar-refractivity contribution in [3.8, 4) is 0 Å². The van der Waals surface area contributed by atoms with Gasteiger partial charge in [-0.3, -0.25) is 9.59 Å². The molecule has 27 heavy (non-hydrogen) atoms. The molecule has 0 atom stereocenters. The fraction of sp³-hybridized carbons (Fsp3) is 0.478. The molecule has 1 heterocycles. The van der Waals surface area contributed by atoms with Crippen molar-refractivity contribution in [2.45, 2.75) is 59.3 Å². The van der Waals surface area contributed by atoms with Gasteiger partial charge in [0.05, 0.1) is 0 Å². The summed E-state index contributed by atoms with van der Waals surface area (Å²) in [6, 6.07) is 7.98. The lowest BCUT2D eigenvalue weighted by molar-refractivity contribution is -0.119. The Balaban J connectivity index is 1.94. The number of carbonyl (C=O) groups is 2. The average molecular weight is 428 g/mol. The summed E-state index contributed by atoms with van der Waals surface area (Å²) in [6.45, 7) is 8.57. The Morgan fingerprint density at radius 3 is 1.81 bits per heavy atom. The van der Waals surface area contributed by atoms with Crippen LogP contribution in [0.2, 0.25) is 0 Å². The number of Topliss-reactive ketones (excluding diaryl/α,β-unsaturated/α-hetero) is 2. The normalized spacial score (nSPS) is 24.5. The maximum Gasteiger partial charge on any atom is 0.162 e. The van der Waals surface area contributed by atoms with Gasteiger partial charge in [0.15, 0.2) is 11.6 Å². The van der Waals surface area contributed by atoms with Gasteiger partial charge in [-0.2, -0.15) is 0 Å². The molecule has 0 saturated heterocycles. The van der Waals surface area contributed by atoms with Crippen molar-refractivity contribution in [1.82, 2.24) is 5.32 Å². The van der Waals surface area contributed by atoms with Crippen LogP contribution in [0, 0.1) is 10.8 Å². The molecule has 0 radical (unpaired) electrons. The first-order valence-corrected chi connectivity index (χ1v) is 10.4. The maximum atomic E-state index is 13.2. The van der Waals surface area contributed by atoms with Gasteiger partial charge >= 0.3 is 0 Å². The van der Waals surface area contributed by atoms with Crippen molar-refractivity contribution in [1.29, 1.82) is 0 Å². The summed E-state index contributed by atoms with van der Waals surface area (Å²) in [5.41, 5.74) is 4.52. The van der Waals surface area contributed by atoms with E-state index in [2.05, 4.69) is 48.9 Å². The van der Waals surface area contributed by atoms with Crippen LogP contribution in [0.3, 0.4) is 0 Å². The number of dihydropyridines is 1. The van der Waals surface area contributed by atoms with Crippen LogP contribution in [0.4, 0.5) is 0 Å². The van der Waals surface area contributed by atoms with Gasteiger partial charge in [-0.1, -0.05) is 61.8 Å². The van der Waals surface area contributed by atoms with Crippen molar-refractivity contribution >= 4 is 27.5 Å². The monoisotopic (exact) mass is 427 g/mol. The molecule has 2 aliphatic carbocycles. The van der Waals surface area contributed by atoms with E-state index in [9.17, 15) is 9.59 Å². The van der Waals surface area contributed by atoms with Crippen LogP contribution >= 0.6 is 15.9 Å². The fourth-order valence-electron chi connectivity index (χ4n) is 4.91. The minimum atomic E-state index is -0.265. The van der Waals surface area contributed by atoms with Gasteiger partial charge in [-0.25, -0.2) is 0 Å². The molecule has 0 fully saturated rings. The summed E-state index contributed by atoms with van der Waals surface area (Å²) >= 11 is 3.66. The maximum absolute atomic E-state index is 13.2. The highest BCUT2D eigenvalue weighted by Crippen LogP contribution is 2.51. The number of halogens is 1. The van der Waals surface area contributed by atoms with Crippen LogP contribution in [0.25, 0.3) is 0 Å². The number of hydrogen-bond donors (Lipinski definition) is 1. The Kier molecular flexibility index (Phi) is 4.26. The van der Waals surface area contributed by atoms with E-state index in [1.54, 1.807) is 0 Å². The molecule has 4 heteroatoms. The molecule has 1 aromatic carbocycles. The second-order valence-electron chi connectivity index (χ2n) is 9.75. The van der Waals surface area contributed by atoms with Crippen molar-refractivity contribution in [2.75, 3.05) is 0 Å². The van der Waals surface area contributed by atoms with E-state index < -0.39 is 0 Å². The number of ketones is 2. The first kappa shape index (κ1) is 18.7. The minimum Gasteiger partial charge on any atom is -0.362 e. The van der Waals surface area contributed by atoms with Crippen molar-refractivity contribution in [3.63, 3.8) is 0 Å². The number of nitrogens with one attached hydrogen (secondary N) is 1. The first-order chi connectivity index (χ1) is 12.6. The summed E-state index contributed by atoms with van der Waals surface area (Å²) in [6.07, 6.45) is 2.72. The van der Waals surface area contributed by atoms with E-state index in [0.717, 1.165) is 45.4 Å². The molecular formula is C23H26BrNO2. The van der Waals surface area contributed by atoms with Gasteiger partial charge in [0, 0.05) is 45.8 Å². The third-order valence-electron chi connectivity index (χ3n) is 5.94. The molecule has 3 aliphatic rings. The Bertz CT molecular complexity index is 868. The standard InChI is InChI=1S/C23H26BrNO2/c1-22(2)9-15-20(17(26)11-22)19(13-7-5-6-8-14(13)24)21-16(25-15)10-23(3,4)12-18(21)27/h5-8,19,25H,9-12H2,1-4H3. The van der Waals surface area contributed by atoms with Crippen LogP contribution in [0.5, 0.6) is 0 Å². The van der Waals surface area contributed by atoms with Crippen molar-refractivity contribution < 1.29 is 9.59 Å². The summed E-state index contributed by atoms with van der Waals surface area (Å²) in [4.78, 5) is 26.4. The van der Waals surface area contributed by atoms with Crippen LogP contribution < -0.4 is 5.32 Å². The lowest BCUT2D eigenvalue weighted by atomic mass is 9.64. The van der Waals surface area contributed by atoms with E-state index in [4.69, 9.17) is 0 Å². The molecular weight excluding hydrogens is 402 g/mol. The van der Waals surface area contributed by atoms with Crippen LogP contribution in [-0.4, -0.2) is 11.6 Å². The number of allylic oxidation sites excluding steroid dienone is 4.